The number of nitrogens with zero attached hydrogens (tertiary/aromatic N) is 1. The molecule has 1 atom stereocenters. The van der Waals surface area contributed by atoms with Crippen LogP contribution in [0, 0.1) is 5.82 Å². The Hall–Kier alpha value is -2.14. The van der Waals surface area contributed by atoms with E-state index in [9.17, 15) is 9.18 Å². The summed E-state index contributed by atoms with van der Waals surface area (Å²) in [7, 11) is 1.79. The maximum absolute atomic E-state index is 12.9. The minimum atomic E-state index is -0.296. The molecule has 0 saturated carbocycles. The molecule has 1 aliphatic rings. The van der Waals surface area contributed by atoms with Crippen molar-refractivity contribution < 1.29 is 13.6 Å². The standard InChI is InChI=1S/C16H17FN2O2/c1-19(13-8-9-18-10-13)16(20)15-7-6-14(21-15)11-2-4-12(17)5-3-11/h2-7,13,18H,8-10H2,1H3. The first-order valence-corrected chi connectivity index (χ1v) is 6.99. The van der Waals surface area contributed by atoms with E-state index in [0.717, 1.165) is 25.1 Å². The normalized spacial score (nSPS) is 17.9. The van der Waals surface area contributed by atoms with Crippen LogP contribution in [0.3, 0.4) is 0 Å². The van der Waals surface area contributed by atoms with Gasteiger partial charge in [0.25, 0.3) is 5.91 Å². The topological polar surface area (TPSA) is 45.5 Å². The Balaban J connectivity index is 1.77. The highest BCUT2D eigenvalue weighted by atomic mass is 19.1. The van der Waals surface area contributed by atoms with Crippen LogP contribution in [0.15, 0.2) is 40.8 Å². The second kappa shape index (κ2) is 5.69. The highest BCUT2D eigenvalue weighted by Crippen LogP contribution is 2.23. The Kier molecular flexibility index (Phi) is 3.75. The van der Waals surface area contributed by atoms with E-state index in [0.29, 0.717) is 11.5 Å². The number of halogens is 1. The van der Waals surface area contributed by atoms with Crippen molar-refractivity contribution in [2.45, 2.75) is 12.5 Å². The summed E-state index contributed by atoms with van der Waals surface area (Å²) in [6.07, 6.45) is 0.952. The SMILES string of the molecule is CN(C(=O)c1ccc(-c2ccc(F)cc2)o1)C1CCNC1. The lowest BCUT2D eigenvalue weighted by Crippen LogP contribution is -2.38. The molecule has 1 saturated heterocycles. The van der Waals surface area contributed by atoms with Crippen LogP contribution in [-0.2, 0) is 0 Å². The van der Waals surface area contributed by atoms with E-state index in [4.69, 9.17) is 4.42 Å². The summed E-state index contributed by atoms with van der Waals surface area (Å²) in [5.74, 6) is 0.451. The van der Waals surface area contributed by atoms with Gasteiger partial charge in [0.05, 0.1) is 0 Å². The molecule has 3 rings (SSSR count). The number of furan rings is 1. The minimum absolute atomic E-state index is 0.128. The fourth-order valence-electron chi connectivity index (χ4n) is 2.53. The minimum Gasteiger partial charge on any atom is -0.451 e. The third-order valence-electron chi connectivity index (χ3n) is 3.85. The predicted octanol–water partition coefficient (Wildman–Crippen LogP) is 2.52. The van der Waals surface area contributed by atoms with Gasteiger partial charge < -0.3 is 14.6 Å². The lowest BCUT2D eigenvalue weighted by Gasteiger charge is -2.22. The van der Waals surface area contributed by atoms with Crippen molar-refractivity contribution in [1.82, 2.24) is 10.2 Å². The van der Waals surface area contributed by atoms with Gasteiger partial charge in [0.15, 0.2) is 5.76 Å². The van der Waals surface area contributed by atoms with E-state index < -0.39 is 0 Å². The van der Waals surface area contributed by atoms with Gasteiger partial charge in [-0.05, 0) is 49.4 Å². The highest BCUT2D eigenvalue weighted by molar-refractivity contribution is 5.92. The summed E-state index contributed by atoms with van der Waals surface area (Å²) in [5, 5.41) is 3.24. The number of benzene rings is 1. The first-order valence-electron chi connectivity index (χ1n) is 6.99. The smallest absolute Gasteiger partial charge is 0.289 e. The molecular weight excluding hydrogens is 271 g/mol. The summed E-state index contributed by atoms with van der Waals surface area (Å²) in [6.45, 7) is 1.75. The van der Waals surface area contributed by atoms with Crippen molar-refractivity contribution >= 4 is 5.91 Å². The van der Waals surface area contributed by atoms with Crippen molar-refractivity contribution in [1.29, 1.82) is 0 Å². The molecule has 4 nitrogen and oxygen atoms in total. The van der Waals surface area contributed by atoms with Crippen molar-refractivity contribution in [3.8, 4) is 11.3 Å². The van der Waals surface area contributed by atoms with Gasteiger partial charge in [-0.3, -0.25) is 4.79 Å². The van der Waals surface area contributed by atoms with Crippen LogP contribution in [0.2, 0.25) is 0 Å². The van der Waals surface area contributed by atoms with Crippen molar-refractivity contribution in [2.24, 2.45) is 0 Å². The van der Waals surface area contributed by atoms with E-state index in [1.165, 1.54) is 12.1 Å². The van der Waals surface area contributed by atoms with Crippen LogP contribution >= 0.6 is 0 Å². The highest BCUT2D eigenvalue weighted by Gasteiger charge is 2.25. The van der Waals surface area contributed by atoms with Gasteiger partial charge in [0.2, 0.25) is 0 Å². The third kappa shape index (κ3) is 2.83. The van der Waals surface area contributed by atoms with Gasteiger partial charge in [0.1, 0.15) is 11.6 Å². The van der Waals surface area contributed by atoms with E-state index in [-0.39, 0.29) is 17.8 Å². The molecule has 2 aromatic rings. The molecule has 110 valence electrons. The zero-order valence-electron chi connectivity index (χ0n) is 11.8. The van der Waals surface area contributed by atoms with Crippen LogP contribution in [-0.4, -0.2) is 37.0 Å². The average Bonchev–Trinajstić information content (AvgIpc) is 3.18. The molecule has 1 aliphatic heterocycles. The number of amides is 1. The fraction of sp³-hybridized carbons (Fsp3) is 0.312. The molecule has 2 heterocycles. The van der Waals surface area contributed by atoms with E-state index in [1.807, 2.05) is 0 Å². The van der Waals surface area contributed by atoms with Crippen LogP contribution in [0.25, 0.3) is 11.3 Å². The first-order chi connectivity index (χ1) is 10.1. The fourth-order valence-corrected chi connectivity index (χ4v) is 2.53. The van der Waals surface area contributed by atoms with Crippen LogP contribution in [0.4, 0.5) is 4.39 Å². The van der Waals surface area contributed by atoms with Gasteiger partial charge in [-0.25, -0.2) is 4.39 Å². The van der Waals surface area contributed by atoms with Gasteiger partial charge in [-0.2, -0.15) is 0 Å². The molecule has 5 heteroatoms. The predicted molar refractivity (Wildman–Crippen MR) is 77.5 cm³/mol. The molecule has 1 aromatic carbocycles. The zero-order valence-corrected chi connectivity index (χ0v) is 11.8. The molecular formula is C16H17FN2O2. The van der Waals surface area contributed by atoms with Gasteiger partial charge in [-0.1, -0.05) is 0 Å². The summed E-state index contributed by atoms with van der Waals surface area (Å²) >= 11 is 0. The maximum atomic E-state index is 12.9. The first kappa shape index (κ1) is 13.8. The van der Waals surface area contributed by atoms with E-state index in [2.05, 4.69) is 5.32 Å². The van der Waals surface area contributed by atoms with Crippen LogP contribution in [0.1, 0.15) is 17.0 Å². The summed E-state index contributed by atoms with van der Waals surface area (Å²) in [6, 6.07) is 9.61. The van der Waals surface area contributed by atoms with Gasteiger partial charge >= 0.3 is 0 Å². The quantitative estimate of drug-likeness (QED) is 0.944. The van der Waals surface area contributed by atoms with Crippen molar-refractivity contribution in [3.63, 3.8) is 0 Å². The number of likely N-dealkylation sites (N-methyl/N-ethyl adjacent to an activating group) is 1. The van der Waals surface area contributed by atoms with E-state index >= 15 is 0 Å². The Labute approximate surface area is 122 Å². The van der Waals surface area contributed by atoms with Gasteiger partial charge in [0, 0.05) is 25.2 Å². The average molecular weight is 288 g/mol. The number of carbonyl (C=O) groups excluding carboxylic acids is 1. The van der Waals surface area contributed by atoms with Crippen molar-refractivity contribution in [3.05, 3.63) is 48.0 Å². The molecule has 1 unspecified atom stereocenters. The lowest BCUT2D eigenvalue weighted by molar-refractivity contribution is 0.0712. The summed E-state index contributed by atoms with van der Waals surface area (Å²) in [4.78, 5) is 14.1. The van der Waals surface area contributed by atoms with E-state index in [1.54, 1.807) is 36.2 Å². The Morgan fingerprint density at radius 1 is 1.29 bits per heavy atom. The number of nitrogens with one attached hydrogen (secondary N) is 1. The molecule has 1 N–H and O–H groups in total. The molecule has 0 radical (unpaired) electrons. The molecule has 0 aliphatic carbocycles. The third-order valence-corrected chi connectivity index (χ3v) is 3.85. The number of hydrogen-bond acceptors (Lipinski definition) is 3. The van der Waals surface area contributed by atoms with Gasteiger partial charge in [-0.15, -0.1) is 0 Å². The Morgan fingerprint density at radius 3 is 2.71 bits per heavy atom. The van der Waals surface area contributed by atoms with Crippen LogP contribution < -0.4 is 5.32 Å². The monoisotopic (exact) mass is 288 g/mol. The number of hydrogen-bond donors (Lipinski definition) is 1. The zero-order chi connectivity index (χ0) is 14.8. The Morgan fingerprint density at radius 2 is 2.05 bits per heavy atom. The number of carbonyl (C=O) groups is 1. The second-order valence-corrected chi connectivity index (χ2v) is 5.23. The molecule has 1 amide bonds. The van der Waals surface area contributed by atoms with Crippen LogP contribution in [0.5, 0.6) is 0 Å². The summed E-state index contributed by atoms with van der Waals surface area (Å²) < 4.78 is 18.5. The Bertz CT molecular complexity index is 630. The number of rotatable bonds is 3. The maximum Gasteiger partial charge on any atom is 0.289 e. The summed E-state index contributed by atoms with van der Waals surface area (Å²) in [5.41, 5.74) is 0.751. The molecule has 1 fully saturated rings. The largest absolute Gasteiger partial charge is 0.451 e. The second-order valence-electron chi connectivity index (χ2n) is 5.23. The molecule has 0 bridgehead atoms. The van der Waals surface area contributed by atoms with Crippen molar-refractivity contribution in [2.75, 3.05) is 20.1 Å². The lowest BCUT2D eigenvalue weighted by atomic mass is 10.2. The molecule has 0 spiro atoms. The molecule has 21 heavy (non-hydrogen) atoms. The molecule has 1 aromatic heterocycles.